The third-order valence-corrected chi connectivity index (χ3v) is 7.89. The van der Waals surface area contributed by atoms with Crippen molar-refractivity contribution in [1.82, 2.24) is 14.2 Å². The van der Waals surface area contributed by atoms with Crippen LogP contribution in [0.15, 0.2) is 53.4 Å². The minimum atomic E-state index is -3.81. The summed E-state index contributed by atoms with van der Waals surface area (Å²) in [5, 5.41) is 10.1. The van der Waals surface area contributed by atoms with Gasteiger partial charge in [-0.25, -0.2) is 8.42 Å². The van der Waals surface area contributed by atoms with E-state index >= 15 is 0 Å². The molecular formula is C24H24N4O3S. The van der Waals surface area contributed by atoms with Crippen molar-refractivity contribution < 1.29 is 13.2 Å². The summed E-state index contributed by atoms with van der Waals surface area (Å²) >= 11 is 0. The van der Waals surface area contributed by atoms with Crippen LogP contribution in [0.5, 0.6) is 0 Å². The maximum absolute atomic E-state index is 13.5. The Hall–Kier alpha value is -3.28. The first-order valence-corrected chi connectivity index (χ1v) is 12.0. The fourth-order valence-corrected chi connectivity index (χ4v) is 5.75. The van der Waals surface area contributed by atoms with Crippen LogP contribution >= 0.6 is 0 Å². The van der Waals surface area contributed by atoms with E-state index in [0.717, 1.165) is 28.6 Å². The van der Waals surface area contributed by atoms with Crippen LogP contribution in [0.1, 0.15) is 34.1 Å². The Kier molecular flexibility index (Phi) is 5.96. The molecule has 1 saturated heterocycles. The second kappa shape index (κ2) is 8.69. The lowest BCUT2D eigenvalue weighted by Crippen LogP contribution is -2.50. The van der Waals surface area contributed by atoms with Crippen LogP contribution in [-0.4, -0.2) is 54.7 Å². The summed E-state index contributed by atoms with van der Waals surface area (Å²) in [5.74, 6) is -0.106. The first-order valence-electron chi connectivity index (χ1n) is 10.5. The number of carbonyl (C=O) groups excluding carboxylic acids is 1. The molecule has 4 rings (SSSR count). The molecular weight excluding hydrogens is 424 g/mol. The van der Waals surface area contributed by atoms with E-state index in [0.29, 0.717) is 5.56 Å². The molecule has 0 N–H and O–H groups in total. The third kappa shape index (κ3) is 3.74. The molecule has 2 heterocycles. The SMILES string of the molecule is CCc1nc2ccccc2c(C(=O)N2CCN(S(=O)(=O)c3ccccc3C#N)CC2)c1C. The van der Waals surface area contributed by atoms with E-state index in [1.165, 1.54) is 16.4 Å². The lowest BCUT2D eigenvalue weighted by atomic mass is 9.99. The van der Waals surface area contributed by atoms with Crippen molar-refractivity contribution in [3.05, 3.63) is 70.9 Å². The number of rotatable bonds is 4. The standard InChI is InChI=1S/C24H24N4O3S/c1-3-20-17(2)23(19-9-5-6-10-21(19)26-20)24(29)27-12-14-28(15-13-27)32(30,31)22-11-7-4-8-18(22)16-25/h4-11H,3,12-15H2,1-2H3. The number of pyridine rings is 1. The maximum atomic E-state index is 13.5. The van der Waals surface area contributed by atoms with Crippen molar-refractivity contribution in [2.45, 2.75) is 25.2 Å². The highest BCUT2D eigenvalue weighted by Gasteiger charge is 2.32. The number of benzene rings is 2. The highest BCUT2D eigenvalue weighted by Crippen LogP contribution is 2.26. The topological polar surface area (TPSA) is 94.4 Å². The van der Waals surface area contributed by atoms with Gasteiger partial charge in [-0.2, -0.15) is 9.57 Å². The first kappa shape index (κ1) is 21.9. The Labute approximate surface area is 188 Å². The van der Waals surface area contributed by atoms with Crippen LogP contribution in [0.2, 0.25) is 0 Å². The molecule has 164 valence electrons. The Morgan fingerprint density at radius 1 is 1.06 bits per heavy atom. The summed E-state index contributed by atoms with van der Waals surface area (Å²) in [7, 11) is -3.81. The normalized spacial score (nSPS) is 15.0. The number of hydrogen-bond acceptors (Lipinski definition) is 5. The predicted molar refractivity (Wildman–Crippen MR) is 122 cm³/mol. The van der Waals surface area contributed by atoms with E-state index in [2.05, 4.69) is 0 Å². The van der Waals surface area contributed by atoms with Crippen LogP contribution in [0.25, 0.3) is 10.9 Å². The number of aromatic nitrogens is 1. The molecule has 0 bridgehead atoms. The monoisotopic (exact) mass is 448 g/mol. The molecule has 3 aromatic rings. The van der Waals surface area contributed by atoms with Gasteiger partial charge in [-0.3, -0.25) is 9.78 Å². The van der Waals surface area contributed by atoms with Gasteiger partial charge in [-0.15, -0.1) is 0 Å². The molecule has 32 heavy (non-hydrogen) atoms. The number of hydrogen-bond donors (Lipinski definition) is 0. The molecule has 8 heteroatoms. The molecule has 0 aliphatic carbocycles. The zero-order valence-electron chi connectivity index (χ0n) is 18.1. The van der Waals surface area contributed by atoms with E-state index in [1.807, 2.05) is 44.2 Å². The zero-order chi connectivity index (χ0) is 22.9. The highest BCUT2D eigenvalue weighted by atomic mass is 32.2. The summed E-state index contributed by atoms with van der Waals surface area (Å²) in [6.45, 7) is 4.86. The summed E-state index contributed by atoms with van der Waals surface area (Å²) in [6.07, 6.45) is 0.723. The number of nitrogens with zero attached hydrogens (tertiary/aromatic N) is 4. The van der Waals surface area contributed by atoms with Crippen LogP contribution in [0.4, 0.5) is 0 Å². The fraction of sp³-hybridized carbons (Fsp3) is 0.292. The van der Waals surface area contributed by atoms with Gasteiger partial charge in [0.2, 0.25) is 10.0 Å². The van der Waals surface area contributed by atoms with E-state index in [4.69, 9.17) is 4.98 Å². The Bertz CT molecular complexity index is 1340. The smallest absolute Gasteiger partial charge is 0.254 e. The van der Waals surface area contributed by atoms with Crippen molar-refractivity contribution in [2.24, 2.45) is 0 Å². The van der Waals surface area contributed by atoms with Gasteiger partial charge in [0.25, 0.3) is 5.91 Å². The van der Waals surface area contributed by atoms with Crippen molar-refractivity contribution in [3.8, 4) is 6.07 Å². The molecule has 1 amide bonds. The second-order valence-corrected chi connectivity index (χ2v) is 9.64. The van der Waals surface area contributed by atoms with Crippen molar-refractivity contribution in [3.63, 3.8) is 0 Å². The van der Waals surface area contributed by atoms with E-state index in [-0.39, 0.29) is 42.5 Å². The number of aryl methyl sites for hydroxylation is 1. The Balaban J connectivity index is 1.60. The average molecular weight is 449 g/mol. The lowest BCUT2D eigenvalue weighted by molar-refractivity contribution is 0.0699. The average Bonchev–Trinajstić information content (AvgIpc) is 2.83. The van der Waals surface area contributed by atoms with Crippen molar-refractivity contribution >= 4 is 26.8 Å². The minimum absolute atomic E-state index is 0.00540. The molecule has 0 unspecified atom stereocenters. The highest BCUT2D eigenvalue weighted by molar-refractivity contribution is 7.89. The van der Waals surface area contributed by atoms with Crippen molar-refractivity contribution in [1.29, 1.82) is 5.26 Å². The van der Waals surface area contributed by atoms with Gasteiger partial charge in [0.15, 0.2) is 0 Å². The minimum Gasteiger partial charge on any atom is -0.336 e. The van der Waals surface area contributed by atoms with E-state index in [9.17, 15) is 18.5 Å². The van der Waals surface area contributed by atoms with Crippen LogP contribution in [0, 0.1) is 18.3 Å². The molecule has 1 aromatic heterocycles. The molecule has 0 saturated carbocycles. The van der Waals surface area contributed by atoms with Gasteiger partial charge < -0.3 is 4.90 Å². The number of piperazine rings is 1. The molecule has 0 radical (unpaired) electrons. The Morgan fingerprint density at radius 2 is 1.72 bits per heavy atom. The van der Waals surface area contributed by atoms with Crippen LogP contribution in [0.3, 0.4) is 0 Å². The summed E-state index contributed by atoms with van der Waals surface area (Å²) in [4.78, 5) is 19.9. The van der Waals surface area contributed by atoms with Gasteiger partial charge in [0, 0.05) is 37.3 Å². The molecule has 0 spiro atoms. The zero-order valence-corrected chi connectivity index (χ0v) is 18.9. The van der Waals surface area contributed by atoms with Crippen LogP contribution in [-0.2, 0) is 16.4 Å². The largest absolute Gasteiger partial charge is 0.336 e. The van der Waals surface area contributed by atoms with Gasteiger partial charge in [-0.1, -0.05) is 37.3 Å². The van der Waals surface area contributed by atoms with Gasteiger partial charge in [0.1, 0.15) is 6.07 Å². The third-order valence-electron chi connectivity index (χ3n) is 5.94. The molecule has 7 nitrogen and oxygen atoms in total. The van der Waals surface area contributed by atoms with E-state index < -0.39 is 10.0 Å². The maximum Gasteiger partial charge on any atom is 0.254 e. The number of fused-ring (bicyclic) bond motifs is 1. The van der Waals surface area contributed by atoms with Crippen molar-refractivity contribution in [2.75, 3.05) is 26.2 Å². The summed E-state index contributed by atoms with van der Waals surface area (Å²) < 4.78 is 27.5. The quantitative estimate of drug-likeness (QED) is 0.611. The first-order chi connectivity index (χ1) is 15.4. The second-order valence-electron chi connectivity index (χ2n) is 7.73. The fourth-order valence-electron chi connectivity index (χ4n) is 4.19. The predicted octanol–water partition coefficient (Wildman–Crippen LogP) is 3.12. The molecule has 0 atom stereocenters. The number of nitriles is 1. The molecule has 2 aromatic carbocycles. The Morgan fingerprint density at radius 3 is 2.41 bits per heavy atom. The van der Waals surface area contributed by atoms with Crippen LogP contribution < -0.4 is 0 Å². The molecule has 1 aliphatic rings. The van der Waals surface area contributed by atoms with Gasteiger partial charge >= 0.3 is 0 Å². The molecule has 1 fully saturated rings. The number of para-hydroxylation sites is 1. The van der Waals surface area contributed by atoms with Gasteiger partial charge in [-0.05, 0) is 37.1 Å². The lowest BCUT2D eigenvalue weighted by Gasteiger charge is -2.34. The number of sulfonamides is 1. The number of carbonyl (C=O) groups is 1. The number of amides is 1. The van der Waals surface area contributed by atoms with E-state index in [1.54, 1.807) is 17.0 Å². The van der Waals surface area contributed by atoms with Gasteiger partial charge in [0.05, 0.1) is 21.5 Å². The summed E-state index contributed by atoms with van der Waals surface area (Å²) in [5.41, 5.74) is 3.30. The summed E-state index contributed by atoms with van der Waals surface area (Å²) in [6, 6.07) is 15.7. The molecule has 1 aliphatic heterocycles.